The lowest BCUT2D eigenvalue weighted by Gasteiger charge is -2.14. The zero-order valence-corrected chi connectivity index (χ0v) is 11.2. The Morgan fingerprint density at radius 2 is 2.06 bits per heavy atom. The summed E-state index contributed by atoms with van der Waals surface area (Å²) in [7, 11) is 0. The standard InChI is InChI=1S/C13H23N5/c1-11-16-12(14)10-13(17-11)15-6-2-3-7-18-8-4-5-9-18/h10H,2-9H2,1H3,(H3,14,15,16,17). The molecule has 0 saturated carbocycles. The number of hydrogen-bond donors (Lipinski definition) is 2. The van der Waals surface area contributed by atoms with Crippen LogP contribution >= 0.6 is 0 Å². The van der Waals surface area contributed by atoms with Gasteiger partial charge >= 0.3 is 0 Å². The molecule has 1 saturated heterocycles. The number of unbranched alkanes of at least 4 members (excludes halogenated alkanes) is 1. The van der Waals surface area contributed by atoms with Gasteiger partial charge in [0.2, 0.25) is 0 Å². The van der Waals surface area contributed by atoms with Crippen LogP contribution in [0.5, 0.6) is 0 Å². The first kappa shape index (κ1) is 13.1. The van der Waals surface area contributed by atoms with Gasteiger partial charge in [0.15, 0.2) is 0 Å². The van der Waals surface area contributed by atoms with Gasteiger partial charge < -0.3 is 16.0 Å². The molecular weight excluding hydrogens is 226 g/mol. The van der Waals surface area contributed by atoms with Crippen LogP contribution in [0.25, 0.3) is 0 Å². The van der Waals surface area contributed by atoms with E-state index in [1.54, 1.807) is 6.07 Å². The zero-order chi connectivity index (χ0) is 12.8. The highest BCUT2D eigenvalue weighted by molar-refractivity contribution is 5.44. The fourth-order valence-corrected chi connectivity index (χ4v) is 2.36. The molecule has 1 aromatic heterocycles. The minimum Gasteiger partial charge on any atom is -0.384 e. The highest BCUT2D eigenvalue weighted by Gasteiger charge is 2.09. The molecule has 5 heteroatoms. The molecule has 0 atom stereocenters. The minimum absolute atomic E-state index is 0.530. The first-order valence-corrected chi connectivity index (χ1v) is 6.81. The Kier molecular flexibility index (Phi) is 4.75. The Morgan fingerprint density at radius 1 is 1.28 bits per heavy atom. The molecule has 3 N–H and O–H groups in total. The van der Waals surface area contributed by atoms with Crippen molar-refractivity contribution in [2.45, 2.75) is 32.6 Å². The van der Waals surface area contributed by atoms with Crippen molar-refractivity contribution in [2.24, 2.45) is 0 Å². The Labute approximate surface area is 109 Å². The molecule has 0 aromatic carbocycles. The maximum atomic E-state index is 5.67. The molecule has 2 heterocycles. The van der Waals surface area contributed by atoms with Gasteiger partial charge in [-0.05, 0) is 52.2 Å². The predicted molar refractivity (Wildman–Crippen MR) is 74.6 cm³/mol. The van der Waals surface area contributed by atoms with Crippen molar-refractivity contribution in [1.82, 2.24) is 14.9 Å². The van der Waals surface area contributed by atoms with Gasteiger partial charge in [0.1, 0.15) is 17.5 Å². The highest BCUT2D eigenvalue weighted by Crippen LogP contribution is 2.10. The third-order valence-corrected chi connectivity index (χ3v) is 3.26. The molecule has 2 rings (SSSR count). The van der Waals surface area contributed by atoms with Gasteiger partial charge in [0, 0.05) is 12.6 Å². The van der Waals surface area contributed by atoms with Crippen LogP contribution in [0.2, 0.25) is 0 Å². The topological polar surface area (TPSA) is 67.1 Å². The van der Waals surface area contributed by atoms with E-state index in [4.69, 9.17) is 5.73 Å². The molecule has 0 aliphatic carbocycles. The highest BCUT2D eigenvalue weighted by atomic mass is 15.1. The largest absolute Gasteiger partial charge is 0.384 e. The van der Waals surface area contributed by atoms with Gasteiger partial charge in [0.05, 0.1) is 0 Å². The van der Waals surface area contributed by atoms with Crippen molar-refractivity contribution in [3.8, 4) is 0 Å². The normalized spacial score (nSPS) is 16.1. The Morgan fingerprint density at radius 3 is 2.78 bits per heavy atom. The minimum atomic E-state index is 0.530. The predicted octanol–water partition coefficient (Wildman–Crippen LogP) is 1.66. The van der Waals surface area contributed by atoms with E-state index >= 15 is 0 Å². The average molecular weight is 249 g/mol. The van der Waals surface area contributed by atoms with Crippen molar-refractivity contribution < 1.29 is 0 Å². The molecule has 18 heavy (non-hydrogen) atoms. The molecule has 5 nitrogen and oxygen atoms in total. The molecule has 100 valence electrons. The number of aryl methyl sites for hydroxylation is 1. The summed E-state index contributed by atoms with van der Waals surface area (Å²) in [6.07, 6.45) is 5.15. The Hall–Kier alpha value is -1.36. The maximum Gasteiger partial charge on any atom is 0.131 e. The molecule has 0 radical (unpaired) electrons. The van der Waals surface area contributed by atoms with Crippen LogP contribution in [0.1, 0.15) is 31.5 Å². The van der Waals surface area contributed by atoms with Crippen molar-refractivity contribution in [2.75, 3.05) is 37.2 Å². The number of rotatable bonds is 6. The van der Waals surface area contributed by atoms with Crippen molar-refractivity contribution >= 4 is 11.6 Å². The van der Waals surface area contributed by atoms with E-state index in [0.717, 1.165) is 18.2 Å². The van der Waals surface area contributed by atoms with Gasteiger partial charge in [-0.2, -0.15) is 0 Å². The summed E-state index contributed by atoms with van der Waals surface area (Å²) in [5, 5.41) is 3.30. The van der Waals surface area contributed by atoms with Gasteiger partial charge in [-0.3, -0.25) is 0 Å². The van der Waals surface area contributed by atoms with E-state index in [9.17, 15) is 0 Å². The van der Waals surface area contributed by atoms with Crippen molar-refractivity contribution in [1.29, 1.82) is 0 Å². The van der Waals surface area contributed by atoms with Crippen LogP contribution in [0.4, 0.5) is 11.6 Å². The second-order valence-electron chi connectivity index (χ2n) is 4.91. The Bertz CT molecular complexity index is 353. The summed E-state index contributed by atoms with van der Waals surface area (Å²) >= 11 is 0. The number of hydrogen-bond acceptors (Lipinski definition) is 5. The molecule has 0 spiro atoms. The first-order chi connectivity index (χ1) is 8.74. The second kappa shape index (κ2) is 6.54. The SMILES string of the molecule is Cc1nc(N)cc(NCCCCN2CCCC2)n1. The summed E-state index contributed by atoms with van der Waals surface area (Å²) in [6.45, 7) is 6.61. The maximum absolute atomic E-state index is 5.67. The van der Waals surface area contributed by atoms with Crippen molar-refractivity contribution in [3.05, 3.63) is 11.9 Å². The lowest BCUT2D eigenvalue weighted by atomic mass is 10.3. The molecular formula is C13H23N5. The number of nitrogens with zero attached hydrogens (tertiary/aromatic N) is 3. The number of likely N-dealkylation sites (tertiary alicyclic amines) is 1. The van der Waals surface area contributed by atoms with Crippen LogP contribution in [0, 0.1) is 6.92 Å². The third-order valence-electron chi connectivity index (χ3n) is 3.26. The lowest BCUT2D eigenvalue weighted by molar-refractivity contribution is 0.331. The van der Waals surface area contributed by atoms with Gasteiger partial charge in [-0.25, -0.2) is 9.97 Å². The fourth-order valence-electron chi connectivity index (χ4n) is 2.36. The van der Waals surface area contributed by atoms with Gasteiger partial charge in [-0.1, -0.05) is 0 Å². The van der Waals surface area contributed by atoms with Crippen LogP contribution < -0.4 is 11.1 Å². The van der Waals surface area contributed by atoms with Gasteiger partial charge in [0.25, 0.3) is 0 Å². The van der Waals surface area contributed by atoms with Crippen LogP contribution in [0.3, 0.4) is 0 Å². The monoisotopic (exact) mass is 249 g/mol. The Balaban J connectivity index is 1.62. The van der Waals surface area contributed by atoms with Crippen LogP contribution in [0.15, 0.2) is 6.07 Å². The molecule has 1 aliphatic heterocycles. The van der Waals surface area contributed by atoms with E-state index in [2.05, 4.69) is 20.2 Å². The van der Waals surface area contributed by atoms with Crippen molar-refractivity contribution in [3.63, 3.8) is 0 Å². The van der Waals surface area contributed by atoms with E-state index < -0.39 is 0 Å². The van der Waals surface area contributed by atoms with E-state index in [1.807, 2.05) is 6.92 Å². The molecule has 0 unspecified atom stereocenters. The summed E-state index contributed by atoms with van der Waals surface area (Å²) in [5.41, 5.74) is 5.67. The lowest BCUT2D eigenvalue weighted by Crippen LogP contribution is -2.21. The average Bonchev–Trinajstić information content (AvgIpc) is 2.80. The third kappa shape index (κ3) is 4.14. The van der Waals surface area contributed by atoms with Crippen LogP contribution in [-0.2, 0) is 0 Å². The second-order valence-corrected chi connectivity index (χ2v) is 4.91. The summed E-state index contributed by atoms with van der Waals surface area (Å²) < 4.78 is 0. The van der Waals surface area contributed by atoms with E-state index in [1.165, 1.54) is 45.3 Å². The number of aromatic nitrogens is 2. The smallest absolute Gasteiger partial charge is 0.131 e. The summed E-state index contributed by atoms with van der Waals surface area (Å²) in [4.78, 5) is 10.9. The molecule has 1 fully saturated rings. The van der Waals surface area contributed by atoms with Crippen LogP contribution in [-0.4, -0.2) is 41.0 Å². The fraction of sp³-hybridized carbons (Fsp3) is 0.692. The summed E-state index contributed by atoms with van der Waals surface area (Å²) in [6, 6.07) is 1.79. The van der Waals surface area contributed by atoms with E-state index in [-0.39, 0.29) is 0 Å². The zero-order valence-electron chi connectivity index (χ0n) is 11.2. The number of nitrogens with one attached hydrogen (secondary N) is 1. The van der Waals surface area contributed by atoms with Gasteiger partial charge in [-0.15, -0.1) is 0 Å². The number of anilines is 2. The quantitative estimate of drug-likeness (QED) is 0.750. The summed E-state index contributed by atoms with van der Waals surface area (Å²) in [5.74, 6) is 2.08. The molecule has 1 aliphatic rings. The number of nitrogen functional groups attached to an aromatic ring is 1. The molecule has 0 amide bonds. The molecule has 1 aromatic rings. The van der Waals surface area contributed by atoms with E-state index in [0.29, 0.717) is 5.82 Å². The molecule has 0 bridgehead atoms. The number of nitrogens with two attached hydrogens (primary N) is 1. The first-order valence-electron chi connectivity index (χ1n) is 6.81.